The van der Waals surface area contributed by atoms with Crippen LogP contribution >= 0.6 is 0 Å². The minimum absolute atomic E-state index is 0.0245. The van der Waals surface area contributed by atoms with Crippen molar-refractivity contribution in [3.05, 3.63) is 0 Å². The molecule has 16 heavy (non-hydrogen) atoms. The third kappa shape index (κ3) is 3.71. The molecule has 2 unspecified atom stereocenters. The SMILES string of the molecule is CC1CCN(S(=O)(=O)CC(C)(C)C)CC1N. The normalized spacial score (nSPS) is 29.3. The molecule has 96 valence electrons. The van der Waals surface area contributed by atoms with Gasteiger partial charge in [0.15, 0.2) is 0 Å². The summed E-state index contributed by atoms with van der Waals surface area (Å²) in [6, 6.07) is -0.0245. The molecule has 0 aromatic heterocycles. The van der Waals surface area contributed by atoms with Crippen LogP contribution in [0, 0.1) is 11.3 Å². The molecule has 0 saturated carbocycles. The Morgan fingerprint density at radius 2 is 1.94 bits per heavy atom. The Morgan fingerprint density at radius 3 is 2.38 bits per heavy atom. The quantitative estimate of drug-likeness (QED) is 0.794. The van der Waals surface area contributed by atoms with Crippen molar-refractivity contribution in [2.45, 2.75) is 40.2 Å². The molecule has 0 aliphatic carbocycles. The molecular weight excluding hydrogens is 224 g/mol. The van der Waals surface area contributed by atoms with Crippen molar-refractivity contribution in [2.24, 2.45) is 17.1 Å². The van der Waals surface area contributed by atoms with Crippen molar-refractivity contribution in [1.29, 1.82) is 0 Å². The van der Waals surface area contributed by atoms with E-state index in [4.69, 9.17) is 5.73 Å². The van der Waals surface area contributed by atoms with Crippen molar-refractivity contribution in [3.8, 4) is 0 Å². The van der Waals surface area contributed by atoms with Crippen LogP contribution in [0.25, 0.3) is 0 Å². The highest BCUT2D eigenvalue weighted by molar-refractivity contribution is 7.89. The number of sulfonamides is 1. The topological polar surface area (TPSA) is 63.4 Å². The number of hydrogen-bond donors (Lipinski definition) is 1. The van der Waals surface area contributed by atoms with Gasteiger partial charge < -0.3 is 5.73 Å². The van der Waals surface area contributed by atoms with Gasteiger partial charge in [0, 0.05) is 19.1 Å². The van der Waals surface area contributed by atoms with E-state index in [9.17, 15) is 8.42 Å². The fourth-order valence-corrected chi connectivity index (χ4v) is 4.02. The second kappa shape index (κ2) is 4.63. The van der Waals surface area contributed by atoms with Gasteiger partial charge in [0.1, 0.15) is 0 Å². The number of nitrogens with zero attached hydrogens (tertiary/aromatic N) is 1. The molecule has 0 radical (unpaired) electrons. The maximum Gasteiger partial charge on any atom is 0.214 e. The number of hydrogen-bond acceptors (Lipinski definition) is 3. The first kappa shape index (κ1) is 13.9. The fourth-order valence-electron chi connectivity index (χ4n) is 1.96. The lowest BCUT2D eigenvalue weighted by molar-refractivity contribution is 0.250. The van der Waals surface area contributed by atoms with Crippen LogP contribution in [0.1, 0.15) is 34.1 Å². The average Bonchev–Trinajstić information content (AvgIpc) is 2.05. The monoisotopic (exact) mass is 248 g/mol. The van der Waals surface area contributed by atoms with Crippen molar-refractivity contribution < 1.29 is 8.42 Å². The molecule has 1 aliphatic heterocycles. The summed E-state index contributed by atoms with van der Waals surface area (Å²) in [4.78, 5) is 0. The predicted octanol–water partition coefficient (Wildman–Crippen LogP) is 1.03. The Hall–Kier alpha value is -0.130. The van der Waals surface area contributed by atoms with Crippen LogP contribution in [0.3, 0.4) is 0 Å². The standard InChI is InChI=1S/C11H24N2O2S/c1-9-5-6-13(7-10(9)12)16(14,15)8-11(2,3)4/h9-10H,5-8,12H2,1-4H3. The Morgan fingerprint density at radius 1 is 1.38 bits per heavy atom. The van der Waals surface area contributed by atoms with E-state index in [-0.39, 0.29) is 17.2 Å². The lowest BCUT2D eigenvalue weighted by Gasteiger charge is -2.35. The van der Waals surface area contributed by atoms with Gasteiger partial charge in [-0.1, -0.05) is 27.7 Å². The molecule has 0 amide bonds. The largest absolute Gasteiger partial charge is 0.326 e. The van der Waals surface area contributed by atoms with E-state index < -0.39 is 10.0 Å². The molecule has 2 N–H and O–H groups in total. The van der Waals surface area contributed by atoms with Gasteiger partial charge >= 0.3 is 0 Å². The molecule has 1 saturated heterocycles. The Bertz CT molecular complexity index is 332. The van der Waals surface area contributed by atoms with Crippen LogP contribution in [0.15, 0.2) is 0 Å². The summed E-state index contributed by atoms with van der Waals surface area (Å²) in [5, 5.41) is 0. The molecule has 0 aromatic rings. The number of nitrogens with two attached hydrogens (primary N) is 1. The average molecular weight is 248 g/mol. The summed E-state index contributed by atoms with van der Waals surface area (Å²) in [6.07, 6.45) is 0.866. The van der Waals surface area contributed by atoms with Crippen LogP contribution in [-0.4, -0.2) is 37.6 Å². The first-order valence-electron chi connectivity index (χ1n) is 5.85. The van der Waals surface area contributed by atoms with Crippen LogP contribution in [-0.2, 0) is 10.0 Å². The molecule has 1 aliphatic rings. The lowest BCUT2D eigenvalue weighted by atomic mass is 9.96. The maximum absolute atomic E-state index is 12.1. The maximum atomic E-state index is 12.1. The van der Waals surface area contributed by atoms with E-state index in [0.717, 1.165) is 6.42 Å². The molecule has 1 rings (SSSR count). The van der Waals surface area contributed by atoms with Gasteiger partial charge in [-0.05, 0) is 17.8 Å². The predicted molar refractivity (Wildman–Crippen MR) is 66.6 cm³/mol. The van der Waals surface area contributed by atoms with Crippen molar-refractivity contribution in [1.82, 2.24) is 4.31 Å². The Kier molecular flexibility index (Phi) is 4.03. The zero-order valence-electron chi connectivity index (χ0n) is 10.7. The van der Waals surface area contributed by atoms with Gasteiger partial charge in [-0.3, -0.25) is 0 Å². The van der Waals surface area contributed by atoms with Crippen molar-refractivity contribution >= 4 is 10.0 Å². The molecular formula is C11H24N2O2S. The van der Waals surface area contributed by atoms with Crippen molar-refractivity contribution in [3.63, 3.8) is 0 Å². The Balaban J connectivity index is 2.71. The highest BCUT2D eigenvalue weighted by Crippen LogP contribution is 2.23. The van der Waals surface area contributed by atoms with Crippen LogP contribution < -0.4 is 5.73 Å². The zero-order chi connectivity index (χ0) is 12.6. The highest BCUT2D eigenvalue weighted by Gasteiger charge is 2.33. The molecule has 2 atom stereocenters. The Labute approximate surface area is 99.2 Å². The lowest BCUT2D eigenvalue weighted by Crippen LogP contribution is -2.51. The summed E-state index contributed by atoms with van der Waals surface area (Å²) in [6.45, 7) is 9.00. The van der Waals surface area contributed by atoms with Crippen LogP contribution in [0.2, 0.25) is 0 Å². The summed E-state index contributed by atoms with van der Waals surface area (Å²) < 4.78 is 25.8. The second-order valence-electron chi connectivity index (χ2n) is 6.10. The minimum atomic E-state index is -3.14. The van der Waals surface area contributed by atoms with Crippen LogP contribution in [0.5, 0.6) is 0 Å². The summed E-state index contributed by atoms with van der Waals surface area (Å²) in [7, 11) is -3.14. The van der Waals surface area contributed by atoms with E-state index in [1.807, 2.05) is 20.8 Å². The molecule has 0 spiro atoms. The fraction of sp³-hybridized carbons (Fsp3) is 1.00. The number of rotatable bonds is 2. The second-order valence-corrected chi connectivity index (χ2v) is 8.07. The van der Waals surface area contributed by atoms with Gasteiger partial charge in [0.25, 0.3) is 0 Å². The summed E-state index contributed by atoms with van der Waals surface area (Å²) in [5.74, 6) is 0.613. The van der Waals surface area contributed by atoms with E-state index in [2.05, 4.69) is 6.92 Å². The van der Waals surface area contributed by atoms with Crippen LogP contribution in [0.4, 0.5) is 0 Å². The summed E-state index contributed by atoms with van der Waals surface area (Å²) in [5.41, 5.74) is 5.72. The first-order chi connectivity index (χ1) is 7.12. The zero-order valence-corrected chi connectivity index (χ0v) is 11.5. The first-order valence-corrected chi connectivity index (χ1v) is 7.46. The van der Waals surface area contributed by atoms with E-state index >= 15 is 0 Å². The third-order valence-electron chi connectivity index (χ3n) is 2.99. The molecule has 5 heteroatoms. The highest BCUT2D eigenvalue weighted by atomic mass is 32.2. The third-order valence-corrected chi connectivity index (χ3v) is 5.34. The molecule has 0 bridgehead atoms. The molecule has 1 heterocycles. The smallest absolute Gasteiger partial charge is 0.214 e. The number of piperidine rings is 1. The molecule has 0 aromatic carbocycles. The minimum Gasteiger partial charge on any atom is -0.326 e. The molecule has 1 fully saturated rings. The van der Waals surface area contributed by atoms with Crippen molar-refractivity contribution in [2.75, 3.05) is 18.8 Å². The molecule has 4 nitrogen and oxygen atoms in total. The van der Waals surface area contributed by atoms with E-state index in [0.29, 0.717) is 19.0 Å². The van der Waals surface area contributed by atoms with Gasteiger partial charge in [-0.15, -0.1) is 0 Å². The van der Waals surface area contributed by atoms with Gasteiger partial charge in [0.2, 0.25) is 10.0 Å². The van der Waals surface area contributed by atoms with Gasteiger partial charge in [0.05, 0.1) is 5.75 Å². The van der Waals surface area contributed by atoms with Gasteiger partial charge in [-0.2, -0.15) is 0 Å². The van der Waals surface area contributed by atoms with E-state index in [1.54, 1.807) is 4.31 Å². The van der Waals surface area contributed by atoms with E-state index in [1.165, 1.54) is 0 Å². The van der Waals surface area contributed by atoms with Gasteiger partial charge in [-0.25, -0.2) is 12.7 Å². The summed E-state index contributed by atoms with van der Waals surface area (Å²) >= 11 is 0.